The molecule has 120 valence electrons. The Kier molecular flexibility index (Phi) is 5.97. The van der Waals surface area contributed by atoms with Gasteiger partial charge in [-0.1, -0.05) is 28.1 Å². The monoisotopic (exact) mass is 367 g/mol. The molecule has 5 nitrogen and oxygen atoms in total. The van der Waals surface area contributed by atoms with E-state index >= 15 is 0 Å². The lowest BCUT2D eigenvalue weighted by Crippen LogP contribution is -2.43. The normalized spacial score (nSPS) is 16.3. The highest BCUT2D eigenvalue weighted by Crippen LogP contribution is 2.27. The van der Waals surface area contributed by atoms with Gasteiger partial charge in [-0.3, -0.25) is 14.5 Å². The molecule has 0 spiro atoms. The third-order valence-corrected chi connectivity index (χ3v) is 4.32. The highest BCUT2D eigenvalue weighted by Gasteiger charge is 2.30. The third-order valence-electron chi connectivity index (χ3n) is 3.83. The van der Waals surface area contributed by atoms with Crippen molar-refractivity contribution in [2.45, 2.75) is 18.9 Å². The van der Waals surface area contributed by atoms with Gasteiger partial charge in [0.1, 0.15) is 6.04 Å². The summed E-state index contributed by atoms with van der Waals surface area (Å²) in [6.07, 6.45) is 2.21. The van der Waals surface area contributed by atoms with E-state index in [1.807, 2.05) is 24.3 Å². The topological polar surface area (TPSA) is 52.7 Å². The van der Waals surface area contributed by atoms with Crippen LogP contribution in [0.4, 0.5) is 0 Å². The number of carbonyl (C=O) groups is 2. The molecule has 0 radical (unpaired) electrons. The Morgan fingerprint density at radius 2 is 2.00 bits per heavy atom. The standard InChI is InChI=1S/C16H22BrN3O2/c1-19(2)14(21)11-18-16(22)15(20-8-3-4-9-20)12-6-5-7-13(17)10-12/h5-7,10,15H,3-4,8-9,11H2,1-2H3,(H,18,22). The van der Waals surface area contributed by atoms with Gasteiger partial charge in [0, 0.05) is 18.6 Å². The van der Waals surface area contributed by atoms with E-state index in [0.717, 1.165) is 36.0 Å². The second kappa shape index (κ2) is 7.74. The number of hydrogen-bond donors (Lipinski definition) is 1. The summed E-state index contributed by atoms with van der Waals surface area (Å²) in [7, 11) is 3.36. The zero-order valence-electron chi connectivity index (χ0n) is 13.0. The number of hydrogen-bond acceptors (Lipinski definition) is 3. The molecule has 1 unspecified atom stereocenters. The van der Waals surface area contributed by atoms with Gasteiger partial charge in [-0.25, -0.2) is 0 Å². The van der Waals surface area contributed by atoms with Crippen molar-refractivity contribution >= 4 is 27.7 Å². The molecule has 1 atom stereocenters. The smallest absolute Gasteiger partial charge is 0.242 e. The van der Waals surface area contributed by atoms with E-state index in [-0.39, 0.29) is 24.4 Å². The molecule has 1 N–H and O–H groups in total. The van der Waals surface area contributed by atoms with Crippen molar-refractivity contribution in [1.82, 2.24) is 15.1 Å². The van der Waals surface area contributed by atoms with Gasteiger partial charge in [-0.15, -0.1) is 0 Å². The Hall–Kier alpha value is -1.40. The minimum atomic E-state index is -0.338. The summed E-state index contributed by atoms with van der Waals surface area (Å²) < 4.78 is 0.950. The Morgan fingerprint density at radius 1 is 1.32 bits per heavy atom. The van der Waals surface area contributed by atoms with E-state index in [9.17, 15) is 9.59 Å². The van der Waals surface area contributed by atoms with E-state index in [1.165, 1.54) is 4.90 Å². The van der Waals surface area contributed by atoms with Crippen LogP contribution in [0.15, 0.2) is 28.7 Å². The molecule has 6 heteroatoms. The summed E-state index contributed by atoms with van der Waals surface area (Å²) in [6, 6.07) is 7.46. The van der Waals surface area contributed by atoms with Crippen LogP contribution in [0.25, 0.3) is 0 Å². The number of likely N-dealkylation sites (tertiary alicyclic amines) is 1. The van der Waals surface area contributed by atoms with E-state index < -0.39 is 0 Å². The van der Waals surface area contributed by atoms with Crippen LogP contribution in [0.1, 0.15) is 24.4 Å². The largest absolute Gasteiger partial charge is 0.347 e. The molecule has 1 saturated heterocycles. The lowest BCUT2D eigenvalue weighted by atomic mass is 10.0. The summed E-state index contributed by atoms with van der Waals surface area (Å²) in [5, 5.41) is 2.77. The molecule has 1 heterocycles. The fraction of sp³-hybridized carbons (Fsp3) is 0.500. The maximum atomic E-state index is 12.6. The van der Waals surface area contributed by atoms with Gasteiger partial charge in [0.2, 0.25) is 11.8 Å². The first-order valence-corrected chi connectivity index (χ1v) is 8.25. The molecule has 0 aliphatic carbocycles. The first kappa shape index (κ1) is 17.0. The molecule has 1 aromatic carbocycles. The van der Waals surface area contributed by atoms with E-state index in [0.29, 0.717) is 0 Å². The molecule has 2 amide bonds. The van der Waals surface area contributed by atoms with E-state index in [2.05, 4.69) is 26.1 Å². The molecule has 1 aliphatic rings. The highest BCUT2D eigenvalue weighted by atomic mass is 79.9. The number of likely N-dealkylation sites (N-methyl/N-ethyl adjacent to an activating group) is 1. The summed E-state index contributed by atoms with van der Waals surface area (Å²) in [5.41, 5.74) is 0.950. The van der Waals surface area contributed by atoms with Crippen molar-refractivity contribution in [3.05, 3.63) is 34.3 Å². The highest BCUT2D eigenvalue weighted by molar-refractivity contribution is 9.10. The number of halogens is 1. The lowest BCUT2D eigenvalue weighted by molar-refractivity contribution is -0.132. The summed E-state index contributed by atoms with van der Waals surface area (Å²) >= 11 is 3.46. The molecule has 2 rings (SSSR count). The molecule has 1 aromatic rings. The second-order valence-electron chi connectivity index (χ2n) is 5.71. The molecule has 22 heavy (non-hydrogen) atoms. The van der Waals surface area contributed by atoms with Gasteiger partial charge < -0.3 is 10.2 Å². The van der Waals surface area contributed by atoms with Gasteiger partial charge in [0.05, 0.1) is 6.54 Å². The molecular weight excluding hydrogens is 346 g/mol. The van der Waals surface area contributed by atoms with Crippen LogP contribution in [0.5, 0.6) is 0 Å². The quantitative estimate of drug-likeness (QED) is 0.862. The Morgan fingerprint density at radius 3 is 2.59 bits per heavy atom. The van der Waals surface area contributed by atoms with Gasteiger partial charge >= 0.3 is 0 Å². The fourth-order valence-corrected chi connectivity index (χ4v) is 3.04. The van der Waals surface area contributed by atoms with Crippen molar-refractivity contribution in [1.29, 1.82) is 0 Å². The Labute approximate surface area is 139 Å². The molecule has 1 fully saturated rings. The van der Waals surface area contributed by atoms with Crippen LogP contribution >= 0.6 is 15.9 Å². The van der Waals surface area contributed by atoms with Crippen LogP contribution in [0.2, 0.25) is 0 Å². The predicted octanol–water partition coefficient (Wildman–Crippen LogP) is 1.79. The third kappa shape index (κ3) is 4.30. The lowest BCUT2D eigenvalue weighted by Gasteiger charge is -2.27. The van der Waals surface area contributed by atoms with Crippen molar-refractivity contribution in [2.24, 2.45) is 0 Å². The van der Waals surface area contributed by atoms with E-state index in [1.54, 1.807) is 14.1 Å². The minimum absolute atomic E-state index is 0.0319. The van der Waals surface area contributed by atoms with Crippen LogP contribution in [0.3, 0.4) is 0 Å². The van der Waals surface area contributed by atoms with Crippen LogP contribution < -0.4 is 5.32 Å². The van der Waals surface area contributed by atoms with Crippen molar-refractivity contribution in [2.75, 3.05) is 33.7 Å². The maximum Gasteiger partial charge on any atom is 0.242 e. The van der Waals surface area contributed by atoms with E-state index in [4.69, 9.17) is 0 Å². The Bertz CT molecular complexity index is 542. The number of rotatable bonds is 5. The molecule has 0 aromatic heterocycles. The summed E-state index contributed by atoms with van der Waals surface area (Å²) in [5.74, 6) is -0.224. The number of benzene rings is 1. The number of carbonyl (C=O) groups excluding carboxylic acids is 2. The van der Waals surface area contributed by atoms with Crippen molar-refractivity contribution in [3.8, 4) is 0 Å². The van der Waals surface area contributed by atoms with Gasteiger partial charge in [0.25, 0.3) is 0 Å². The molecule has 1 aliphatic heterocycles. The second-order valence-corrected chi connectivity index (χ2v) is 6.62. The first-order valence-electron chi connectivity index (χ1n) is 7.46. The first-order chi connectivity index (χ1) is 10.5. The summed E-state index contributed by atoms with van der Waals surface area (Å²) in [4.78, 5) is 28.0. The fourth-order valence-electron chi connectivity index (χ4n) is 2.62. The number of amides is 2. The van der Waals surface area contributed by atoms with Crippen molar-refractivity contribution < 1.29 is 9.59 Å². The molecule has 0 saturated carbocycles. The molecule has 0 bridgehead atoms. The van der Waals surface area contributed by atoms with Crippen LogP contribution in [0, 0.1) is 0 Å². The van der Waals surface area contributed by atoms with Gasteiger partial charge in [-0.05, 0) is 43.6 Å². The van der Waals surface area contributed by atoms with Crippen molar-refractivity contribution in [3.63, 3.8) is 0 Å². The Balaban J connectivity index is 2.13. The van der Waals surface area contributed by atoms with Gasteiger partial charge in [-0.2, -0.15) is 0 Å². The van der Waals surface area contributed by atoms with Crippen LogP contribution in [-0.4, -0.2) is 55.3 Å². The zero-order valence-corrected chi connectivity index (χ0v) is 14.6. The molecular formula is C16H22BrN3O2. The maximum absolute atomic E-state index is 12.6. The predicted molar refractivity (Wildman–Crippen MR) is 89.4 cm³/mol. The zero-order chi connectivity index (χ0) is 16.1. The average Bonchev–Trinajstić information content (AvgIpc) is 2.99. The number of nitrogens with one attached hydrogen (secondary N) is 1. The SMILES string of the molecule is CN(C)C(=O)CNC(=O)C(c1cccc(Br)c1)N1CCCC1. The minimum Gasteiger partial charge on any atom is -0.347 e. The van der Waals surface area contributed by atoms with Crippen LogP contribution in [-0.2, 0) is 9.59 Å². The summed E-state index contributed by atoms with van der Waals surface area (Å²) in [6.45, 7) is 1.85. The van der Waals surface area contributed by atoms with Gasteiger partial charge in [0.15, 0.2) is 0 Å². The number of nitrogens with zero attached hydrogens (tertiary/aromatic N) is 2. The average molecular weight is 368 g/mol.